The van der Waals surface area contributed by atoms with Crippen LogP contribution in [0.2, 0.25) is 0 Å². The van der Waals surface area contributed by atoms with Gasteiger partial charge in [0.1, 0.15) is 5.69 Å². The molecule has 0 atom stereocenters. The number of ether oxygens (including phenoxy) is 1. The topological polar surface area (TPSA) is 22.1 Å². The maximum absolute atomic E-state index is 5.61. The van der Waals surface area contributed by atoms with Gasteiger partial charge in [0, 0.05) is 5.56 Å². The summed E-state index contributed by atoms with van der Waals surface area (Å²) in [6.45, 7) is 2.63. The van der Waals surface area contributed by atoms with Gasteiger partial charge in [0.15, 0.2) is 5.51 Å². The molecule has 18 heavy (non-hydrogen) atoms. The van der Waals surface area contributed by atoms with E-state index in [-0.39, 0.29) is 0 Å². The number of rotatable bonds is 3. The van der Waals surface area contributed by atoms with E-state index in [1.807, 2.05) is 25.1 Å². The third-order valence-electron chi connectivity index (χ3n) is 2.81. The second-order valence-electron chi connectivity index (χ2n) is 3.90. The first-order valence-electron chi connectivity index (χ1n) is 5.88. The Labute approximate surface area is 110 Å². The number of thiazole rings is 1. The average molecular weight is 254 g/mol. The van der Waals surface area contributed by atoms with Crippen molar-refractivity contribution in [1.29, 1.82) is 0 Å². The number of aromatic nitrogens is 1. The summed E-state index contributed by atoms with van der Waals surface area (Å²) in [5.41, 5.74) is 4.91. The summed E-state index contributed by atoms with van der Waals surface area (Å²) in [5, 5.41) is 3.25. The minimum absolute atomic E-state index is 0.647. The SMILES string of the molecule is CCOc1s[c]nc1-c1cccc2ccccc12. The largest absolute Gasteiger partial charge is 0.483 e. The third-order valence-corrected chi connectivity index (χ3v) is 3.49. The molecular formula is C15H12NOS. The number of hydrogen-bond donors (Lipinski definition) is 0. The fraction of sp³-hybridized carbons (Fsp3) is 0.133. The first-order chi connectivity index (χ1) is 8.90. The van der Waals surface area contributed by atoms with Crippen LogP contribution in [0.25, 0.3) is 22.0 Å². The molecule has 0 saturated carbocycles. The Bertz CT molecular complexity index is 670. The molecule has 0 fully saturated rings. The number of benzene rings is 2. The molecule has 2 nitrogen and oxygen atoms in total. The molecule has 3 heteroatoms. The summed E-state index contributed by atoms with van der Waals surface area (Å²) in [5.74, 6) is 0. The highest BCUT2D eigenvalue weighted by Gasteiger charge is 2.12. The molecular weight excluding hydrogens is 242 g/mol. The molecule has 0 aliphatic heterocycles. The maximum atomic E-state index is 5.61. The molecule has 1 heterocycles. The second-order valence-corrected chi connectivity index (χ2v) is 4.66. The van der Waals surface area contributed by atoms with Crippen molar-refractivity contribution in [3.8, 4) is 16.3 Å². The predicted molar refractivity (Wildman–Crippen MR) is 75.1 cm³/mol. The van der Waals surface area contributed by atoms with Crippen molar-refractivity contribution in [1.82, 2.24) is 4.98 Å². The second kappa shape index (κ2) is 4.78. The summed E-state index contributed by atoms with van der Waals surface area (Å²) in [7, 11) is 0. The molecule has 89 valence electrons. The van der Waals surface area contributed by atoms with Crippen LogP contribution in [-0.2, 0) is 0 Å². The first-order valence-corrected chi connectivity index (χ1v) is 6.69. The van der Waals surface area contributed by atoms with E-state index in [1.54, 1.807) is 0 Å². The van der Waals surface area contributed by atoms with Crippen LogP contribution in [0.5, 0.6) is 5.06 Å². The van der Waals surface area contributed by atoms with E-state index in [0.29, 0.717) is 6.61 Å². The van der Waals surface area contributed by atoms with Gasteiger partial charge in [0.2, 0.25) is 5.06 Å². The van der Waals surface area contributed by atoms with Crippen molar-refractivity contribution >= 4 is 22.1 Å². The molecule has 0 aliphatic rings. The van der Waals surface area contributed by atoms with Crippen LogP contribution in [0.1, 0.15) is 6.92 Å². The Morgan fingerprint density at radius 2 is 2.00 bits per heavy atom. The highest BCUT2D eigenvalue weighted by molar-refractivity contribution is 7.11. The molecule has 0 unspecified atom stereocenters. The van der Waals surface area contributed by atoms with E-state index in [2.05, 4.69) is 34.8 Å². The minimum atomic E-state index is 0.647. The zero-order valence-electron chi connectivity index (χ0n) is 10.0. The highest BCUT2D eigenvalue weighted by Crippen LogP contribution is 2.36. The fourth-order valence-electron chi connectivity index (χ4n) is 2.03. The van der Waals surface area contributed by atoms with Gasteiger partial charge in [0.25, 0.3) is 0 Å². The molecule has 1 aromatic heterocycles. The summed E-state index contributed by atoms with van der Waals surface area (Å²) in [4.78, 5) is 4.32. The molecule has 1 radical (unpaired) electrons. The van der Waals surface area contributed by atoms with E-state index >= 15 is 0 Å². The predicted octanol–water partition coefficient (Wildman–Crippen LogP) is 4.16. The van der Waals surface area contributed by atoms with Gasteiger partial charge >= 0.3 is 0 Å². The van der Waals surface area contributed by atoms with Crippen LogP contribution in [-0.4, -0.2) is 11.6 Å². The first kappa shape index (κ1) is 11.2. The smallest absolute Gasteiger partial charge is 0.202 e. The molecule has 0 saturated heterocycles. The van der Waals surface area contributed by atoms with Crippen molar-refractivity contribution in [3.05, 3.63) is 48.0 Å². The number of nitrogens with zero attached hydrogens (tertiary/aromatic N) is 1. The van der Waals surface area contributed by atoms with Gasteiger partial charge in [-0.05, 0) is 17.7 Å². The highest BCUT2D eigenvalue weighted by atomic mass is 32.1. The van der Waals surface area contributed by atoms with Crippen molar-refractivity contribution in [3.63, 3.8) is 0 Å². The Kier molecular flexibility index (Phi) is 2.99. The Morgan fingerprint density at radius 3 is 2.89 bits per heavy atom. The zero-order chi connectivity index (χ0) is 12.4. The Morgan fingerprint density at radius 1 is 1.17 bits per heavy atom. The third kappa shape index (κ3) is 1.87. The lowest BCUT2D eigenvalue weighted by molar-refractivity contribution is 0.351. The Balaban J connectivity index is 2.22. The molecule has 0 spiro atoms. The van der Waals surface area contributed by atoms with Gasteiger partial charge in [-0.2, -0.15) is 0 Å². The summed E-state index contributed by atoms with van der Waals surface area (Å²) in [6, 6.07) is 14.5. The Hall–Kier alpha value is -1.87. The van der Waals surface area contributed by atoms with E-state index in [1.165, 1.54) is 22.1 Å². The van der Waals surface area contributed by atoms with Gasteiger partial charge in [-0.25, -0.2) is 4.98 Å². The van der Waals surface area contributed by atoms with Crippen molar-refractivity contribution in [2.24, 2.45) is 0 Å². The van der Waals surface area contributed by atoms with Crippen molar-refractivity contribution in [2.75, 3.05) is 6.61 Å². The number of fused-ring (bicyclic) bond motifs is 1. The standard InChI is InChI=1S/C15H12NOS/c1-2-17-15-14(16-10-18-15)13-9-5-7-11-6-3-4-8-12(11)13/h3-9H,2H2,1H3. The molecule has 3 rings (SSSR count). The molecule has 3 aromatic rings. The zero-order valence-corrected chi connectivity index (χ0v) is 10.8. The van der Waals surface area contributed by atoms with Crippen LogP contribution < -0.4 is 4.74 Å². The lowest BCUT2D eigenvalue weighted by Gasteiger charge is -2.06. The van der Waals surface area contributed by atoms with E-state index in [9.17, 15) is 0 Å². The maximum Gasteiger partial charge on any atom is 0.202 e. The average Bonchev–Trinajstić information content (AvgIpc) is 2.87. The van der Waals surface area contributed by atoms with Gasteiger partial charge in [-0.3, -0.25) is 0 Å². The van der Waals surface area contributed by atoms with E-state index in [0.717, 1.165) is 16.3 Å². The fourth-order valence-corrected chi connectivity index (χ4v) is 2.68. The molecule has 0 bridgehead atoms. The lowest BCUT2D eigenvalue weighted by atomic mass is 10.0. The van der Waals surface area contributed by atoms with Crippen LogP contribution in [0.3, 0.4) is 0 Å². The summed E-state index contributed by atoms with van der Waals surface area (Å²) < 4.78 is 5.61. The van der Waals surface area contributed by atoms with Crippen LogP contribution in [0, 0.1) is 5.51 Å². The van der Waals surface area contributed by atoms with Gasteiger partial charge in [-0.1, -0.05) is 53.8 Å². The van der Waals surface area contributed by atoms with E-state index < -0.39 is 0 Å². The molecule has 0 aliphatic carbocycles. The van der Waals surface area contributed by atoms with Crippen LogP contribution in [0.15, 0.2) is 42.5 Å². The summed E-state index contributed by atoms with van der Waals surface area (Å²) in [6.07, 6.45) is 0. The van der Waals surface area contributed by atoms with Crippen LogP contribution >= 0.6 is 11.3 Å². The van der Waals surface area contributed by atoms with Crippen molar-refractivity contribution < 1.29 is 4.74 Å². The van der Waals surface area contributed by atoms with Gasteiger partial charge < -0.3 is 4.74 Å². The van der Waals surface area contributed by atoms with Gasteiger partial charge in [-0.15, -0.1) is 0 Å². The number of hydrogen-bond acceptors (Lipinski definition) is 3. The molecule has 0 amide bonds. The normalized spacial score (nSPS) is 10.7. The minimum Gasteiger partial charge on any atom is -0.483 e. The quantitative estimate of drug-likeness (QED) is 0.700. The van der Waals surface area contributed by atoms with E-state index in [4.69, 9.17) is 4.74 Å². The van der Waals surface area contributed by atoms with Crippen LogP contribution in [0.4, 0.5) is 0 Å². The van der Waals surface area contributed by atoms with Gasteiger partial charge in [0.05, 0.1) is 6.61 Å². The van der Waals surface area contributed by atoms with Crippen molar-refractivity contribution in [2.45, 2.75) is 6.92 Å². The lowest BCUT2D eigenvalue weighted by Crippen LogP contribution is -1.91. The molecule has 2 aromatic carbocycles. The molecule has 0 N–H and O–H groups in total. The summed E-state index contributed by atoms with van der Waals surface area (Å²) >= 11 is 1.42. The monoisotopic (exact) mass is 254 g/mol.